The molecule has 0 atom stereocenters. The summed E-state index contributed by atoms with van der Waals surface area (Å²) in [6.07, 6.45) is 6.77. The fraction of sp³-hybridized carbons (Fsp3) is 0.154. The Bertz CT molecular complexity index is 693. The van der Waals surface area contributed by atoms with Gasteiger partial charge in [0.2, 0.25) is 0 Å². The summed E-state index contributed by atoms with van der Waals surface area (Å²) in [7, 11) is 1.78. The molecule has 2 N–H and O–H groups in total. The van der Waals surface area contributed by atoms with Crippen LogP contribution in [0.3, 0.4) is 0 Å². The van der Waals surface area contributed by atoms with Crippen molar-refractivity contribution in [3.63, 3.8) is 0 Å². The number of aromatic nitrogens is 4. The summed E-state index contributed by atoms with van der Waals surface area (Å²) in [6.45, 7) is 0.241. The Morgan fingerprint density at radius 1 is 1.43 bits per heavy atom. The molecule has 0 fully saturated rings. The van der Waals surface area contributed by atoms with E-state index in [-0.39, 0.29) is 12.5 Å². The van der Waals surface area contributed by atoms with E-state index in [1.165, 1.54) is 18.5 Å². The monoisotopic (exact) mass is 287 g/mol. The van der Waals surface area contributed by atoms with Crippen LogP contribution in [0.5, 0.6) is 0 Å². The van der Waals surface area contributed by atoms with E-state index in [2.05, 4.69) is 20.5 Å². The molecule has 0 saturated carbocycles. The second-order valence-corrected chi connectivity index (χ2v) is 4.22. The van der Waals surface area contributed by atoms with Gasteiger partial charge >= 0.3 is 5.97 Å². The lowest BCUT2D eigenvalue weighted by molar-refractivity contribution is -0.131. The fourth-order valence-electron chi connectivity index (χ4n) is 1.57. The SMILES string of the molecule is Cn1cnnc1CNC(=O)c1cncc(C=CC(=O)O)c1. The van der Waals surface area contributed by atoms with Gasteiger partial charge in [-0.05, 0) is 17.7 Å². The van der Waals surface area contributed by atoms with Crippen molar-refractivity contribution < 1.29 is 14.7 Å². The molecular weight excluding hydrogens is 274 g/mol. The minimum atomic E-state index is -1.06. The summed E-state index contributed by atoms with van der Waals surface area (Å²) in [4.78, 5) is 26.4. The lowest BCUT2D eigenvalue weighted by atomic mass is 10.2. The lowest BCUT2D eigenvalue weighted by Crippen LogP contribution is -2.24. The molecule has 1 amide bonds. The van der Waals surface area contributed by atoms with Crippen LogP contribution in [0.25, 0.3) is 6.08 Å². The van der Waals surface area contributed by atoms with E-state index in [4.69, 9.17) is 5.11 Å². The summed E-state index contributed by atoms with van der Waals surface area (Å²) < 4.78 is 1.70. The average Bonchev–Trinajstić information content (AvgIpc) is 2.88. The maximum absolute atomic E-state index is 12.0. The number of rotatable bonds is 5. The van der Waals surface area contributed by atoms with Gasteiger partial charge in [-0.15, -0.1) is 10.2 Å². The standard InChI is InChI=1S/C13H13N5O3/c1-18-8-16-17-11(18)7-15-13(21)10-4-9(5-14-6-10)2-3-12(19)20/h2-6,8H,7H2,1H3,(H,15,21)(H,19,20). The van der Waals surface area contributed by atoms with Gasteiger partial charge in [-0.25, -0.2) is 4.79 Å². The van der Waals surface area contributed by atoms with Crippen LogP contribution in [0.15, 0.2) is 30.9 Å². The van der Waals surface area contributed by atoms with Crippen molar-refractivity contribution in [2.75, 3.05) is 0 Å². The van der Waals surface area contributed by atoms with Crippen LogP contribution in [0, 0.1) is 0 Å². The third-order valence-corrected chi connectivity index (χ3v) is 2.65. The molecule has 0 spiro atoms. The summed E-state index contributed by atoms with van der Waals surface area (Å²) in [5.41, 5.74) is 0.869. The first-order chi connectivity index (χ1) is 10.1. The van der Waals surface area contributed by atoms with Crippen LogP contribution in [0.2, 0.25) is 0 Å². The van der Waals surface area contributed by atoms with Crippen LogP contribution < -0.4 is 5.32 Å². The first-order valence-corrected chi connectivity index (χ1v) is 6.03. The van der Waals surface area contributed by atoms with Crippen molar-refractivity contribution in [1.29, 1.82) is 0 Å². The van der Waals surface area contributed by atoms with Crippen molar-refractivity contribution in [3.05, 3.63) is 47.8 Å². The highest BCUT2D eigenvalue weighted by atomic mass is 16.4. The Morgan fingerprint density at radius 3 is 2.90 bits per heavy atom. The van der Waals surface area contributed by atoms with E-state index in [0.717, 1.165) is 6.08 Å². The molecule has 0 aliphatic carbocycles. The largest absolute Gasteiger partial charge is 0.478 e. The van der Waals surface area contributed by atoms with E-state index in [1.807, 2.05) is 0 Å². The Balaban J connectivity index is 2.04. The molecule has 8 nitrogen and oxygen atoms in total. The van der Waals surface area contributed by atoms with Gasteiger partial charge in [0.15, 0.2) is 5.82 Å². The quantitative estimate of drug-likeness (QED) is 0.762. The first kappa shape index (κ1) is 14.4. The van der Waals surface area contributed by atoms with E-state index < -0.39 is 5.97 Å². The van der Waals surface area contributed by atoms with Crippen molar-refractivity contribution in [3.8, 4) is 0 Å². The number of nitrogens with zero attached hydrogens (tertiary/aromatic N) is 4. The molecule has 108 valence electrons. The van der Waals surface area contributed by atoms with Crippen molar-refractivity contribution in [2.45, 2.75) is 6.54 Å². The third-order valence-electron chi connectivity index (χ3n) is 2.65. The number of carboxylic acids is 1. The van der Waals surface area contributed by atoms with Crippen LogP contribution in [-0.4, -0.2) is 36.7 Å². The predicted octanol–water partition coefficient (Wildman–Crippen LogP) is 0.238. The van der Waals surface area contributed by atoms with Gasteiger partial charge in [0.1, 0.15) is 6.33 Å². The van der Waals surface area contributed by atoms with Gasteiger partial charge in [-0.3, -0.25) is 9.78 Å². The minimum absolute atomic E-state index is 0.241. The van der Waals surface area contributed by atoms with Gasteiger partial charge < -0.3 is 15.0 Å². The average molecular weight is 287 g/mol. The number of hydrogen-bond donors (Lipinski definition) is 2. The molecule has 0 aliphatic heterocycles. The molecule has 2 heterocycles. The number of nitrogens with one attached hydrogen (secondary N) is 1. The van der Waals surface area contributed by atoms with Crippen LogP contribution in [-0.2, 0) is 18.4 Å². The normalized spacial score (nSPS) is 10.7. The second kappa shape index (κ2) is 6.42. The van der Waals surface area contributed by atoms with Gasteiger partial charge in [0, 0.05) is 25.5 Å². The Morgan fingerprint density at radius 2 is 2.24 bits per heavy atom. The smallest absolute Gasteiger partial charge is 0.328 e. The number of carbonyl (C=O) groups is 2. The molecule has 8 heteroatoms. The Kier molecular flexibility index (Phi) is 4.39. The summed E-state index contributed by atoms with van der Waals surface area (Å²) in [5, 5.41) is 18.8. The van der Waals surface area contributed by atoms with Crippen molar-refractivity contribution in [1.82, 2.24) is 25.1 Å². The zero-order valence-corrected chi connectivity index (χ0v) is 11.2. The molecule has 0 aliphatic rings. The number of aryl methyl sites for hydroxylation is 1. The highest BCUT2D eigenvalue weighted by Gasteiger charge is 2.08. The molecule has 0 unspecified atom stereocenters. The fourth-order valence-corrected chi connectivity index (χ4v) is 1.57. The van der Waals surface area contributed by atoms with Crippen LogP contribution in [0.4, 0.5) is 0 Å². The lowest BCUT2D eigenvalue weighted by Gasteiger charge is -2.05. The zero-order valence-electron chi connectivity index (χ0n) is 11.2. The predicted molar refractivity (Wildman–Crippen MR) is 73.1 cm³/mol. The van der Waals surface area contributed by atoms with Gasteiger partial charge in [0.25, 0.3) is 5.91 Å². The van der Waals surface area contributed by atoms with Gasteiger partial charge in [-0.1, -0.05) is 0 Å². The molecule has 0 radical (unpaired) electrons. The third kappa shape index (κ3) is 3.96. The molecular formula is C13H13N5O3. The van der Waals surface area contributed by atoms with E-state index in [9.17, 15) is 9.59 Å². The molecule has 2 aromatic heterocycles. The highest BCUT2D eigenvalue weighted by molar-refractivity contribution is 5.94. The van der Waals surface area contributed by atoms with E-state index in [1.54, 1.807) is 24.0 Å². The summed E-state index contributed by atoms with van der Waals surface area (Å²) in [6, 6.07) is 1.55. The maximum atomic E-state index is 12.0. The zero-order chi connectivity index (χ0) is 15.2. The molecule has 2 aromatic rings. The number of pyridine rings is 1. The molecule has 2 rings (SSSR count). The van der Waals surface area contributed by atoms with E-state index >= 15 is 0 Å². The van der Waals surface area contributed by atoms with Crippen molar-refractivity contribution in [2.24, 2.45) is 7.05 Å². The van der Waals surface area contributed by atoms with Crippen LogP contribution >= 0.6 is 0 Å². The summed E-state index contributed by atoms with van der Waals surface area (Å²) in [5.74, 6) is -0.763. The van der Waals surface area contributed by atoms with Crippen molar-refractivity contribution >= 4 is 18.0 Å². The highest BCUT2D eigenvalue weighted by Crippen LogP contribution is 2.05. The topological polar surface area (TPSA) is 110 Å². The number of aliphatic carboxylic acids is 1. The first-order valence-electron chi connectivity index (χ1n) is 6.03. The van der Waals surface area contributed by atoms with E-state index in [0.29, 0.717) is 17.0 Å². The Hall–Kier alpha value is -3.03. The second-order valence-electron chi connectivity index (χ2n) is 4.22. The summed E-state index contributed by atoms with van der Waals surface area (Å²) >= 11 is 0. The molecule has 0 saturated heterocycles. The number of carbonyl (C=O) groups excluding carboxylic acids is 1. The molecule has 21 heavy (non-hydrogen) atoms. The maximum Gasteiger partial charge on any atom is 0.328 e. The number of hydrogen-bond acceptors (Lipinski definition) is 5. The Labute approximate surface area is 120 Å². The van der Waals surface area contributed by atoms with Gasteiger partial charge in [-0.2, -0.15) is 0 Å². The number of amides is 1. The minimum Gasteiger partial charge on any atom is -0.478 e. The molecule has 0 bridgehead atoms. The molecule has 0 aromatic carbocycles. The number of carboxylic acid groups (broad SMARTS) is 1. The van der Waals surface area contributed by atoms with Crippen LogP contribution in [0.1, 0.15) is 21.7 Å². The van der Waals surface area contributed by atoms with Gasteiger partial charge in [0.05, 0.1) is 12.1 Å².